The summed E-state index contributed by atoms with van der Waals surface area (Å²) in [6, 6.07) is 14.0. The fraction of sp³-hybridized carbons (Fsp3) is 0.265. The third-order valence-electron chi connectivity index (χ3n) is 8.21. The van der Waals surface area contributed by atoms with Crippen molar-refractivity contribution < 1.29 is 37.1 Å². The zero-order valence-electron chi connectivity index (χ0n) is 25.5. The highest BCUT2D eigenvalue weighted by molar-refractivity contribution is 6.18. The zero-order valence-corrected chi connectivity index (χ0v) is 25.5. The fourth-order valence-corrected chi connectivity index (χ4v) is 5.91. The molecular formula is C34H30F4N6O4. The van der Waals surface area contributed by atoms with Crippen LogP contribution in [0.5, 0.6) is 5.75 Å². The van der Waals surface area contributed by atoms with Crippen LogP contribution < -0.4 is 11.1 Å². The van der Waals surface area contributed by atoms with Crippen molar-refractivity contribution in [1.29, 1.82) is 5.26 Å². The smallest absolute Gasteiger partial charge is 0.416 e. The number of benzene rings is 3. The summed E-state index contributed by atoms with van der Waals surface area (Å²) < 4.78 is 54.6. The van der Waals surface area contributed by atoms with Crippen LogP contribution in [0.1, 0.15) is 47.2 Å². The SMILES string of the molecule is CCN1C(=O)C(NC(=O)c2cccc(C(F)(F)F)c2)C(c2ccc(F)cc2)/C(=C(/N)C(=O)N2CCCC2C#N)C1=Nc1cccc(O)c1. The predicted octanol–water partition coefficient (Wildman–Crippen LogP) is 4.75. The average molecular weight is 663 g/mol. The van der Waals surface area contributed by atoms with Gasteiger partial charge in [-0.05, 0) is 67.8 Å². The highest BCUT2D eigenvalue weighted by Crippen LogP contribution is 2.39. The molecule has 2 fully saturated rings. The molecule has 3 atom stereocenters. The Morgan fingerprint density at radius 3 is 2.46 bits per heavy atom. The monoisotopic (exact) mass is 662 g/mol. The maximum atomic E-state index is 14.3. The van der Waals surface area contributed by atoms with E-state index in [-0.39, 0.29) is 47.1 Å². The quantitative estimate of drug-likeness (QED) is 0.256. The Morgan fingerprint density at radius 2 is 1.81 bits per heavy atom. The van der Waals surface area contributed by atoms with Gasteiger partial charge in [0.2, 0.25) is 0 Å². The molecule has 0 aromatic heterocycles. The number of alkyl halides is 3. The van der Waals surface area contributed by atoms with Crippen LogP contribution in [-0.4, -0.2) is 63.6 Å². The van der Waals surface area contributed by atoms with Crippen molar-refractivity contribution >= 4 is 29.2 Å². The Bertz CT molecular complexity index is 1850. The number of amidine groups is 1. The number of hydrogen-bond donors (Lipinski definition) is 3. The summed E-state index contributed by atoms with van der Waals surface area (Å²) in [7, 11) is 0. The van der Waals surface area contributed by atoms with Crippen LogP contribution >= 0.6 is 0 Å². The number of hydrogen-bond acceptors (Lipinski definition) is 7. The fourth-order valence-electron chi connectivity index (χ4n) is 5.91. The number of halogens is 4. The molecule has 3 aromatic rings. The molecule has 2 aliphatic rings. The van der Waals surface area contributed by atoms with E-state index < -0.39 is 59.0 Å². The lowest BCUT2D eigenvalue weighted by atomic mass is 9.78. The minimum Gasteiger partial charge on any atom is -0.508 e. The van der Waals surface area contributed by atoms with E-state index in [1.165, 1.54) is 41.3 Å². The van der Waals surface area contributed by atoms with Gasteiger partial charge in [-0.2, -0.15) is 18.4 Å². The minimum absolute atomic E-state index is 0.0469. The number of aromatic hydroxyl groups is 1. The zero-order chi connectivity index (χ0) is 34.7. The Hall–Kier alpha value is -5.71. The number of likely N-dealkylation sites (N-methyl/N-ethyl adjacent to an activating group) is 1. The molecule has 0 aliphatic carbocycles. The summed E-state index contributed by atoms with van der Waals surface area (Å²) in [6.07, 6.45) is -3.80. The van der Waals surface area contributed by atoms with Crippen LogP contribution in [-0.2, 0) is 15.8 Å². The van der Waals surface area contributed by atoms with E-state index >= 15 is 0 Å². The van der Waals surface area contributed by atoms with Crippen molar-refractivity contribution in [3.63, 3.8) is 0 Å². The van der Waals surface area contributed by atoms with Gasteiger partial charge in [0.25, 0.3) is 17.7 Å². The molecule has 0 bridgehead atoms. The summed E-state index contributed by atoms with van der Waals surface area (Å²) in [5, 5.41) is 22.4. The Morgan fingerprint density at radius 1 is 1.10 bits per heavy atom. The largest absolute Gasteiger partial charge is 0.508 e. The predicted molar refractivity (Wildman–Crippen MR) is 166 cm³/mol. The Kier molecular flexibility index (Phi) is 9.51. The van der Waals surface area contributed by atoms with Gasteiger partial charge in [0.1, 0.15) is 35.2 Å². The summed E-state index contributed by atoms with van der Waals surface area (Å²) in [4.78, 5) is 48.9. The highest BCUT2D eigenvalue weighted by Gasteiger charge is 2.47. The number of carbonyl (C=O) groups is 3. The molecule has 3 amide bonds. The molecule has 2 aliphatic heterocycles. The standard InChI is InChI=1S/C34H30F4N6O4/c1-2-43-30(41-23-8-4-10-25(45)17-23)27(28(40)32(47)44-15-5-9-24(44)18-39)26(19-11-13-22(35)14-12-19)29(33(43)48)42-31(46)20-6-3-7-21(16-20)34(36,37)38/h3-4,6-8,10-14,16-17,24,26,29,45H,2,5,9,15,40H2,1H3,(H,42,46)/b28-27-,41-30?. The molecule has 3 aromatic carbocycles. The number of nitrogens with two attached hydrogens (primary N) is 1. The van der Waals surface area contributed by atoms with E-state index in [4.69, 9.17) is 5.73 Å². The van der Waals surface area contributed by atoms with E-state index in [0.29, 0.717) is 18.9 Å². The van der Waals surface area contributed by atoms with E-state index in [1.54, 1.807) is 6.92 Å². The molecule has 4 N–H and O–H groups in total. The number of amides is 3. The first-order valence-corrected chi connectivity index (χ1v) is 15.0. The lowest BCUT2D eigenvalue weighted by Gasteiger charge is -2.41. The Balaban J connectivity index is 1.74. The maximum absolute atomic E-state index is 14.3. The van der Waals surface area contributed by atoms with E-state index in [9.17, 15) is 42.3 Å². The van der Waals surface area contributed by atoms with Gasteiger partial charge in [0.15, 0.2) is 0 Å². The van der Waals surface area contributed by atoms with Gasteiger partial charge in [-0.3, -0.25) is 19.3 Å². The van der Waals surface area contributed by atoms with Gasteiger partial charge in [-0.25, -0.2) is 9.38 Å². The number of piperidine rings is 1. The van der Waals surface area contributed by atoms with E-state index in [0.717, 1.165) is 35.2 Å². The van der Waals surface area contributed by atoms with Crippen LogP contribution in [0, 0.1) is 17.1 Å². The summed E-state index contributed by atoms with van der Waals surface area (Å²) >= 11 is 0. The first-order chi connectivity index (χ1) is 22.8. The number of aliphatic imine (C=N–C) groups is 1. The van der Waals surface area contributed by atoms with Gasteiger partial charge in [-0.15, -0.1) is 0 Å². The number of likely N-dealkylation sites (tertiary alicyclic amines) is 2. The third-order valence-corrected chi connectivity index (χ3v) is 8.21. The minimum atomic E-state index is -4.74. The number of nitrogens with one attached hydrogen (secondary N) is 1. The number of carbonyl (C=O) groups excluding carboxylic acids is 3. The van der Waals surface area contributed by atoms with Crippen molar-refractivity contribution in [2.75, 3.05) is 13.1 Å². The molecule has 5 rings (SSSR count). The van der Waals surface area contributed by atoms with Crippen LogP contribution in [0.3, 0.4) is 0 Å². The normalized spacial score (nSPS) is 21.6. The highest BCUT2D eigenvalue weighted by atomic mass is 19.4. The molecule has 2 saturated heterocycles. The number of phenols is 1. The second kappa shape index (κ2) is 13.6. The van der Waals surface area contributed by atoms with Crippen LogP contribution in [0.4, 0.5) is 23.2 Å². The number of nitriles is 1. The first-order valence-electron chi connectivity index (χ1n) is 15.0. The molecule has 0 saturated carbocycles. The average Bonchev–Trinajstić information content (AvgIpc) is 3.54. The lowest BCUT2D eigenvalue weighted by Crippen LogP contribution is -2.59. The Labute approximate surface area is 272 Å². The topological polar surface area (TPSA) is 152 Å². The van der Waals surface area contributed by atoms with Crippen LogP contribution in [0.2, 0.25) is 0 Å². The van der Waals surface area contributed by atoms with Crippen molar-refractivity contribution in [1.82, 2.24) is 15.1 Å². The molecule has 0 radical (unpaired) electrons. The van der Waals surface area contributed by atoms with E-state index in [2.05, 4.69) is 16.4 Å². The van der Waals surface area contributed by atoms with Crippen LogP contribution in [0.25, 0.3) is 0 Å². The molecule has 48 heavy (non-hydrogen) atoms. The first kappa shape index (κ1) is 33.6. The molecule has 10 nitrogen and oxygen atoms in total. The molecule has 0 spiro atoms. The van der Waals surface area contributed by atoms with Crippen molar-refractivity contribution in [3.05, 3.63) is 107 Å². The molecule has 2 heterocycles. The second-order valence-corrected chi connectivity index (χ2v) is 11.2. The molecule has 248 valence electrons. The number of nitrogens with zero attached hydrogens (tertiary/aromatic N) is 4. The third kappa shape index (κ3) is 6.71. The van der Waals surface area contributed by atoms with Crippen molar-refractivity contribution in [2.45, 2.75) is 43.9 Å². The van der Waals surface area contributed by atoms with Gasteiger partial charge in [-0.1, -0.05) is 24.3 Å². The van der Waals surface area contributed by atoms with Gasteiger partial charge in [0, 0.05) is 36.2 Å². The molecule has 3 unspecified atom stereocenters. The summed E-state index contributed by atoms with van der Waals surface area (Å²) in [6.45, 7) is 1.76. The number of phenolic OH excluding ortho intramolecular Hbond substituents is 1. The lowest BCUT2D eigenvalue weighted by molar-refractivity contribution is -0.137. The van der Waals surface area contributed by atoms with Crippen molar-refractivity contribution in [3.8, 4) is 11.8 Å². The molecular weight excluding hydrogens is 632 g/mol. The van der Waals surface area contributed by atoms with Crippen molar-refractivity contribution in [2.24, 2.45) is 10.7 Å². The van der Waals surface area contributed by atoms with Crippen LogP contribution in [0.15, 0.2) is 89.1 Å². The maximum Gasteiger partial charge on any atom is 0.416 e. The number of rotatable bonds is 6. The summed E-state index contributed by atoms with van der Waals surface area (Å²) in [5.41, 5.74) is 5.13. The van der Waals surface area contributed by atoms with Gasteiger partial charge < -0.3 is 21.1 Å². The van der Waals surface area contributed by atoms with E-state index in [1.807, 2.05) is 0 Å². The molecule has 14 heteroatoms. The van der Waals surface area contributed by atoms with Gasteiger partial charge in [0.05, 0.1) is 17.3 Å². The summed E-state index contributed by atoms with van der Waals surface area (Å²) in [5.74, 6) is -4.69. The van der Waals surface area contributed by atoms with Gasteiger partial charge >= 0.3 is 6.18 Å². The second-order valence-electron chi connectivity index (χ2n) is 11.2.